The summed E-state index contributed by atoms with van der Waals surface area (Å²) in [5, 5.41) is 10.3. The predicted molar refractivity (Wildman–Crippen MR) is 115 cm³/mol. The summed E-state index contributed by atoms with van der Waals surface area (Å²) in [5.41, 5.74) is 2.80. The molecule has 6 heteroatoms. The highest BCUT2D eigenvalue weighted by atomic mass is 35.5. The number of nitrogens with zero attached hydrogens (tertiary/aromatic N) is 2. The molecule has 2 amide bonds. The number of benzene rings is 2. The van der Waals surface area contributed by atoms with Crippen LogP contribution in [0.25, 0.3) is 0 Å². The van der Waals surface area contributed by atoms with E-state index < -0.39 is 11.5 Å². The number of fused-ring (bicyclic) bond motifs is 2. The van der Waals surface area contributed by atoms with Gasteiger partial charge in [-0.1, -0.05) is 48.0 Å². The van der Waals surface area contributed by atoms with Crippen LogP contribution in [-0.4, -0.2) is 46.5 Å². The number of likely N-dealkylation sites (tertiary alicyclic amines) is 1. The quantitative estimate of drug-likeness (QED) is 0.775. The summed E-state index contributed by atoms with van der Waals surface area (Å²) in [6.07, 6.45) is 2.46. The first-order valence-corrected chi connectivity index (χ1v) is 10.9. The molecule has 1 aliphatic carbocycles. The van der Waals surface area contributed by atoms with E-state index >= 15 is 0 Å². The van der Waals surface area contributed by atoms with E-state index in [1.807, 2.05) is 47.4 Å². The van der Waals surface area contributed by atoms with Crippen LogP contribution in [0.1, 0.15) is 42.4 Å². The average Bonchev–Trinajstić information content (AvgIpc) is 3.56. The van der Waals surface area contributed by atoms with Gasteiger partial charge in [-0.2, -0.15) is 0 Å². The van der Waals surface area contributed by atoms with Crippen LogP contribution in [0.3, 0.4) is 0 Å². The van der Waals surface area contributed by atoms with Crippen molar-refractivity contribution in [1.82, 2.24) is 9.80 Å². The minimum absolute atomic E-state index is 0.207. The topological polar surface area (TPSA) is 60.9 Å². The van der Waals surface area contributed by atoms with Gasteiger partial charge in [0, 0.05) is 36.6 Å². The Hall–Kier alpha value is -2.53. The standard InChI is InChI=1S/C24H25ClN2O3/c25-19-7-5-18(6-8-19)24(9-10-24)21(28)26-13-11-23(12-14-26)16-27(22(29)30)15-17-3-1-2-4-20(17)23/h1-8H,9-16H2,(H,29,30). The Bertz CT molecular complexity index is 992. The number of carbonyl (C=O) groups is 2. The number of carbonyl (C=O) groups excluding carboxylic acids is 1. The number of hydrogen-bond donors (Lipinski definition) is 1. The highest BCUT2D eigenvalue weighted by Gasteiger charge is 2.54. The Balaban J connectivity index is 1.37. The van der Waals surface area contributed by atoms with Gasteiger partial charge < -0.3 is 14.9 Å². The molecule has 0 bridgehead atoms. The Morgan fingerprint density at radius 2 is 1.57 bits per heavy atom. The number of amides is 2. The Labute approximate surface area is 181 Å². The van der Waals surface area contributed by atoms with Crippen LogP contribution < -0.4 is 0 Å². The summed E-state index contributed by atoms with van der Waals surface area (Å²) < 4.78 is 0. The molecule has 1 N–H and O–H groups in total. The number of carboxylic acid groups (broad SMARTS) is 1. The zero-order chi connectivity index (χ0) is 20.9. The van der Waals surface area contributed by atoms with Gasteiger partial charge in [0.15, 0.2) is 0 Å². The maximum absolute atomic E-state index is 13.4. The molecule has 2 heterocycles. The lowest BCUT2D eigenvalue weighted by Gasteiger charge is -2.48. The van der Waals surface area contributed by atoms with Gasteiger partial charge in [0.1, 0.15) is 0 Å². The fourth-order valence-electron chi connectivity index (χ4n) is 5.41. The molecular weight excluding hydrogens is 400 g/mol. The third-order valence-corrected chi connectivity index (χ3v) is 7.53. The molecule has 5 rings (SSSR count). The normalized spacial score (nSPS) is 21.2. The first-order chi connectivity index (χ1) is 14.4. The molecule has 2 aromatic rings. The van der Waals surface area contributed by atoms with Gasteiger partial charge in [-0.15, -0.1) is 0 Å². The van der Waals surface area contributed by atoms with Gasteiger partial charge >= 0.3 is 6.09 Å². The number of halogens is 1. The highest BCUT2D eigenvalue weighted by molar-refractivity contribution is 6.30. The van der Waals surface area contributed by atoms with E-state index in [0.717, 1.165) is 36.8 Å². The second kappa shape index (κ2) is 7.02. The molecular formula is C24H25ClN2O3. The van der Waals surface area contributed by atoms with Crippen molar-refractivity contribution in [1.29, 1.82) is 0 Å². The van der Waals surface area contributed by atoms with Gasteiger partial charge in [0.25, 0.3) is 0 Å². The smallest absolute Gasteiger partial charge is 0.407 e. The molecule has 156 valence electrons. The van der Waals surface area contributed by atoms with Gasteiger partial charge in [-0.25, -0.2) is 4.79 Å². The second-order valence-electron chi connectivity index (χ2n) is 8.96. The molecule has 0 radical (unpaired) electrons. The summed E-state index contributed by atoms with van der Waals surface area (Å²) in [4.78, 5) is 28.7. The van der Waals surface area contributed by atoms with E-state index in [1.54, 1.807) is 0 Å². The van der Waals surface area contributed by atoms with Crippen molar-refractivity contribution in [2.45, 2.75) is 43.1 Å². The van der Waals surface area contributed by atoms with Crippen molar-refractivity contribution in [3.05, 3.63) is 70.2 Å². The van der Waals surface area contributed by atoms with E-state index in [4.69, 9.17) is 11.6 Å². The van der Waals surface area contributed by atoms with Gasteiger partial charge in [-0.05, 0) is 54.5 Å². The fourth-order valence-corrected chi connectivity index (χ4v) is 5.54. The van der Waals surface area contributed by atoms with Crippen LogP contribution in [0.2, 0.25) is 5.02 Å². The minimum atomic E-state index is -0.873. The summed E-state index contributed by atoms with van der Waals surface area (Å²) in [6, 6.07) is 15.8. The van der Waals surface area contributed by atoms with E-state index in [1.165, 1.54) is 10.5 Å². The van der Waals surface area contributed by atoms with Crippen molar-refractivity contribution in [2.75, 3.05) is 19.6 Å². The van der Waals surface area contributed by atoms with Crippen molar-refractivity contribution in [3.63, 3.8) is 0 Å². The maximum atomic E-state index is 13.4. The molecule has 30 heavy (non-hydrogen) atoms. The summed E-state index contributed by atoms with van der Waals surface area (Å²) in [6.45, 7) is 2.27. The lowest BCUT2D eigenvalue weighted by Crippen LogP contribution is -2.55. The molecule has 5 nitrogen and oxygen atoms in total. The average molecular weight is 425 g/mol. The Kier molecular flexibility index (Phi) is 4.55. The number of piperidine rings is 1. The molecule has 1 saturated carbocycles. The molecule has 3 aliphatic rings. The van der Waals surface area contributed by atoms with Crippen molar-refractivity contribution >= 4 is 23.6 Å². The molecule has 2 aromatic carbocycles. The molecule has 0 atom stereocenters. The molecule has 1 spiro atoms. The van der Waals surface area contributed by atoms with E-state index in [9.17, 15) is 14.7 Å². The largest absolute Gasteiger partial charge is 0.465 e. The van der Waals surface area contributed by atoms with Crippen LogP contribution in [0, 0.1) is 0 Å². The summed E-state index contributed by atoms with van der Waals surface area (Å²) in [5.74, 6) is 0.207. The first-order valence-electron chi connectivity index (χ1n) is 10.6. The summed E-state index contributed by atoms with van der Waals surface area (Å²) in [7, 11) is 0. The monoisotopic (exact) mass is 424 g/mol. The first kappa shape index (κ1) is 19.4. The van der Waals surface area contributed by atoms with Gasteiger partial charge in [-0.3, -0.25) is 4.79 Å². The van der Waals surface area contributed by atoms with Crippen LogP contribution in [0.4, 0.5) is 4.79 Å². The highest BCUT2D eigenvalue weighted by Crippen LogP contribution is 2.51. The van der Waals surface area contributed by atoms with Gasteiger partial charge in [0.05, 0.1) is 5.41 Å². The van der Waals surface area contributed by atoms with Gasteiger partial charge in [0.2, 0.25) is 5.91 Å². The lowest BCUT2D eigenvalue weighted by molar-refractivity contribution is -0.135. The molecule has 0 aromatic heterocycles. The lowest BCUT2D eigenvalue weighted by atomic mass is 9.68. The van der Waals surface area contributed by atoms with E-state index in [-0.39, 0.29) is 11.3 Å². The van der Waals surface area contributed by atoms with Crippen molar-refractivity contribution in [3.8, 4) is 0 Å². The third kappa shape index (κ3) is 3.07. The zero-order valence-corrected chi connectivity index (χ0v) is 17.6. The molecule has 0 unspecified atom stereocenters. The summed E-state index contributed by atoms with van der Waals surface area (Å²) >= 11 is 6.03. The number of rotatable bonds is 2. The van der Waals surface area contributed by atoms with Crippen LogP contribution in [0.15, 0.2) is 48.5 Å². The minimum Gasteiger partial charge on any atom is -0.465 e. The number of hydrogen-bond acceptors (Lipinski definition) is 2. The maximum Gasteiger partial charge on any atom is 0.407 e. The zero-order valence-electron chi connectivity index (χ0n) is 16.8. The Morgan fingerprint density at radius 3 is 2.20 bits per heavy atom. The fraction of sp³-hybridized carbons (Fsp3) is 0.417. The third-order valence-electron chi connectivity index (χ3n) is 7.28. The van der Waals surface area contributed by atoms with E-state index in [2.05, 4.69) is 6.07 Å². The van der Waals surface area contributed by atoms with Crippen LogP contribution >= 0.6 is 11.6 Å². The van der Waals surface area contributed by atoms with Crippen LogP contribution in [0.5, 0.6) is 0 Å². The Morgan fingerprint density at radius 1 is 0.900 bits per heavy atom. The van der Waals surface area contributed by atoms with E-state index in [0.29, 0.717) is 31.2 Å². The second-order valence-corrected chi connectivity index (χ2v) is 9.39. The van der Waals surface area contributed by atoms with Crippen molar-refractivity contribution in [2.24, 2.45) is 0 Å². The molecule has 2 aliphatic heterocycles. The SMILES string of the molecule is O=C(O)N1Cc2ccccc2C2(CCN(C(=O)C3(c4ccc(Cl)cc4)CC3)CC2)C1. The predicted octanol–water partition coefficient (Wildman–Crippen LogP) is 4.43. The molecule has 1 saturated heterocycles. The van der Waals surface area contributed by atoms with Crippen LogP contribution in [-0.2, 0) is 22.2 Å². The van der Waals surface area contributed by atoms with Crippen molar-refractivity contribution < 1.29 is 14.7 Å². The molecule has 2 fully saturated rings.